The van der Waals surface area contributed by atoms with Gasteiger partial charge in [-0.25, -0.2) is 0 Å². The summed E-state index contributed by atoms with van der Waals surface area (Å²) in [6.45, 7) is 3.05. The summed E-state index contributed by atoms with van der Waals surface area (Å²) in [7, 11) is 0. The number of nitrogens with one attached hydrogen (secondary N) is 2. The second kappa shape index (κ2) is 8.40. The number of amides is 1. The highest BCUT2D eigenvalue weighted by Crippen LogP contribution is 2.28. The van der Waals surface area contributed by atoms with E-state index in [1.807, 2.05) is 0 Å². The number of alkyl halides is 1. The van der Waals surface area contributed by atoms with E-state index in [0.717, 1.165) is 19.4 Å². The fourth-order valence-electron chi connectivity index (χ4n) is 2.87. The topological polar surface area (TPSA) is 41.1 Å². The Bertz CT molecular complexity index is 476. The standard InChI is InChI=1S/C17H25ClN2O/c1-2-3-4-7-13-8-5-9-14-12-19-17(16(13)14)20-15(21)10-6-11-18/h5,8-9,17,19H,2-4,6-7,10-12H2,1H3,(H,20,21). The Morgan fingerprint density at radius 2 is 2.24 bits per heavy atom. The van der Waals surface area contributed by atoms with Crippen LogP contribution in [0, 0.1) is 0 Å². The predicted octanol–water partition coefficient (Wildman–Crippen LogP) is 3.66. The first-order valence-corrected chi connectivity index (χ1v) is 8.49. The Kier molecular flexibility index (Phi) is 6.52. The van der Waals surface area contributed by atoms with Crippen molar-refractivity contribution in [3.05, 3.63) is 34.9 Å². The van der Waals surface area contributed by atoms with Gasteiger partial charge in [-0.2, -0.15) is 0 Å². The van der Waals surface area contributed by atoms with E-state index in [1.54, 1.807) is 0 Å². The highest BCUT2D eigenvalue weighted by Gasteiger charge is 2.25. The number of carbonyl (C=O) groups is 1. The molecule has 2 rings (SSSR count). The second-order valence-corrected chi connectivity index (χ2v) is 6.00. The van der Waals surface area contributed by atoms with Gasteiger partial charge in [-0.1, -0.05) is 38.0 Å². The van der Waals surface area contributed by atoms with E-state index < -0.39 is 0 Å². The van der Waals surface area contributed by atoms with Gasteiger partial charge in [-0.05, 0) is 36.0 Å². The molecule has 0 fully saturated rings. The van der Waals surface area contributed by atoms with Gasteiger partial charge in [0.05, 0.1) is 0 Å². The van der Waals surface area contributed by atoms with Crippen LogP contribution < -0.4 is 10.6 Å². The number of unbranched alkanes of at least 4 members (excludes halogenated alkanes) is 2. The lowest BCUT2D eigenvalue weighted by Gasteiger charge is -2.18. The van der Waals surface area contributed by atoms with Crippen molar-refractivity contribution in [3.63, 3.8) is 0 Å². The zero-order valence-electron chi connectivity index (χ0n) is 12.8. The number of benzene rings is 1. The molecule has 0 spiro atoms. The number of aryl methyl sites for hydroxylation is 1. The summed E-state index contributed by atoms with van der Waals surface area (Å²) >= 11 is 5.64. The van der Waals surface area contributed by atoms with Crippen LogP contribution in [0.3, 0.4) is 0 Å². The van der Waals surface area contributed by atoms with Crippen LogP contribution in [0.5, 0.6) is 0 Å². The van der Waals surface area contributed by atoms with E-state index in [-0.39, 0.29) is 12.1 Å². The minimum Gasteiger partial charge on any atom is -0.337 e. The average molecular weight is 309 g/mol. The van der Waals surface area contributed by atoms with Crippen molar-refractivity contribution >= 4 is 17.5 Å². The molecule has 1 unspecified atom stereocenters. The zero-order chi connectivity index (χ0) is 15.1. The van der Waals surface area contributed by atoms with Gasteiger partial charge in [0.15, 0.2) is 0 Å². The molecular weight excluding hydrogens is 284 g/mol. The highest BCUT2D eigenvalue weighted by atomic mass is 35.5. The van der Waals surface area contributed by atoms with Crippen molar-refractivity contribution in [3.8, 4) is 0 Å². The highest BCUT2D eigenvalue weighted by molar-refractivity contribution is 6.17. The molecule has 1 aliphatic heterocycles. The summed E-state index contributed by atoms with van der Waals surface area (Å²) in [4.78, 5) is 11.9. The van der Waals surface area contributed by atoms with Gasteiger partial charge < -0.3 is 5.32 Å². The van der Waals surface area contributed by atoms with Gasteiger partial charge >= 0.3 is 0 Å². The largest absolute Gasteiger partial charge is 0.337 e. The van der Waals surface area contributed by atoms with Crippen LogP contribution in [0.25, 0.3) is 0 Å². The van der Waals surface area contributed by atoms with Crippen LogP contribution in [0.4, 0.5) is 0 Å². The molecule has 1 aromatic carbocycles. The first-order valence-electron chi connectivity index (χ1n) is 7.95. The van der Waals surface area contributed by atoms with E-state index in [1.165, 1.54) is 36.0 Å². The molecule has 0 aliphatic carbocycles. The summed E-state index contributed by atoms with van der Waals surface area (Å²) in [5, 5.41) is 6.49. The second-order valence-electron chi connectivity index (χ2n) is 5.62. The molecule has 1 aromatic rings. The Hall–Kier alpha value is -1.06. The number of fused-ring (bicyclic) bond motifs is 1. The van der Waals surface area contributed by atoms with Crippen molar-refractivity contribution < 1.29 is 4.79 Å². The first-order chi connectivity index (χ1) is 10.3. The lowest BCUT2D eigenvalue weighted by atomic mass is 9.97. The number of rotatable bonds is 8. The van der Waals surface area contributed by atoms with Crippen molar-refractivity contribution in [1.29, 1.82) is 0 Å². The molecule has 2 N–H and O–H groups in total. The Morgan fingerprint density at radius 3 is 3.00 bits per heavy atom. The number of hydrogen-bond acceptors (Lipinski definition) is 2. The van der Waals surface area contributed by atoms with Gasteiger partial charge in [0, 0.05) is 18.8 Å². The fourth-order valence-corrected chi connectivity index (χ4v) is 3.01. The molecule has 116 valence electrons. The molecule has 4 heteroatoms. The van der Waals surface area contributed by atoms with Gasteiger partial charge in [-0.15, -0.1) is 11.6 Å². The molecule has 0 bridgehead atoms. The molecule has 0 saturated heterocycles. The van der Waals surface area contributed by atoms with E-state index in [4.69, 9.17) is 11.6 Å². The minimum absolute atomic E-state index is 0.0411. The van der Waals surface area contributed by atoms with Crippen LogP contribution >= 0.6 is 11.6 Å². The van der Waals surface area contributed by atoms with Crippen molar-refractivity contribution in [1.82, 2.24) is 10.6 Å². The van der Waals surface area contributed by atoms with Crippen molar-refractivity contribution in [2.24, 2.45) is 0 Å². The van der Waals surface area contributed by atoms with Crippen LogP contribution in [0.2, 0.25) is 0 Å². The van der Waals surface area contributed by atoms with Crippen LogP contribution in [0.15, 0.2) is 18.2 Å². The Morgan fingerprint density at radius 1 is 1.38 bits per heavy atom. The molecule has 0 saturated carbocycles. The smallest absolute Gasteiger partial charge is 0.221 e. The SMILES string of the molecule is CCCCCc1cccc2c1C(NC(=O)CCCCl)NC2. The molecule has 1 heterocycles. The van der Waals surface area contributed by atoms with Crippen LogP contribution in [-0.4, -0.2) is 11.8 Å². The van der Waals surface area contributed by atoms with Gasteiger partial charge in [-0.3, -0.25) is 10.1 Å². The fraction of sp³-hybridized carbons (Fsp3) is 0.588. The molecule has 0 aromatic heterocycles. The van der Waals surface area contributed by atoms with Gasteiger partial charge in [0.1, 0.15) is 6.17 Å². The lowest BCUT2D eigenvalue weighted by molar-refractivity contribution is -0.122. The van der Waals surface area contributed by atoms with Gasteiger partial charge in [0.25, 0.3) is 0 Å². The van der Waals surface area contributed by atoms with Gasteiger partial charge in [0.2, 0.25) is 5.91 Å². The maximum Gasteiger partial charge on any atom is 0.221 e. The summed E-state index contributed by atoms with van der Waals surface area (Å²) in [5.41, 5.74) is 3.97. The number of halogens is 1. The molecule has 1 atom stereocenters. The molecule has 1 amide bonds. The quantitative estimate of drug-likeness (QED) is 0.568. The first kappa shape index (κ1) is 16.3. The van der Waals surface area contributed by atoms with E-state index in [2.05, 4.69) is 35.8 Å². The zero-order valence-corrected chi connectivity index (χ0v) is 13.5. The molecule has 0 radical (unpaired) electrons. The normalized spacial score (nSPS) is 16.8. The van der Waals surface area contributed by atoms with Crippen LogP contribution in [-0.2, 0) is 17.8 Å². The Labute approximate surface area is 132 Å². The van der Waals surface area contributed by atoms with Crippen molar-refractivity contribution in [2.45, 2.75) is 58.2 Å². The average Bonchev–Trinajstić information content (AvgIpc) is 2.89. The molecular formula is C17H25ClN2O. The Balaban J connectivity index is 2.04. The predicted molar refractivity (Wildman–Crippen MR) is 87.3 cm³/mol. The third kappa shape index (κ3) is 4.45. The molecule has 3 nitrogen and oxygen atoms in total. The third-order valence-electron chi connectivity index (χ3n) is 3.96. The number of carbonyl (C=O) groups excluding carboxylic acids is 1. The summed E-state index contributed by atoms with van der Waals surface area (Å²) in [6, 6.07) is 6.47. The minimum atomic E-state index is -0.0411. The number of hydrogen-bond donors (Lipinski definition) is 2. The van der Waals surface area contributed by atoms with E-state index >= 15 is 0 Å². The maximum atomic E-state index is 11.9. The van der Waals surface area contributed by atoms with Crippen LogP contribution in [0.1, 0.15) is 61.9 Å². The summed E-state index contributed by atoms with van der Waals surface area (Å²) in [6.07, 6.45) is 5.96. The van der Waals surface area contributed by atoms with Crippen molar-refractivity contribution in [2.75, 3.05) is 5.88 Å². The maximum absolute atomic E-state index is 11.9. The monoisotopic (exact) mass is 308 g/mol. The molecule has 21 heavy (non-hydrogen) atoms. The third-order valence-corrected chi connectivity index (χ3v) is 4.23. The van der Waals surface area contributed by atoms with E-state index in [0.29, 0.717) is 12.3 Å². The molecule has 1 aliphatic rings. The lowest BCUT2D eigenvalue weighted by Crippen LogP contribution is -2.34. The van der Waals surface area contributed by atoms with E-state index in [9.17, 15) is 4.79 Å². The summed E-state index contributed by atoms with van der Waals surface area (Å²) < 4.78 is 0. The summed E-state index contributed by atoms with van der Waals surface area (Å²) in [5.74, 6) is 0.606.